The molecule has 0 aromatic heterocycles. The Labute approximate surface area is 184 Å². The molecular formula is C29H27NO. The fourth-order valence-electron chi connectivity index (χ4n) is 5.22. The molecule has 0 heterocycles. The Hall–Kier alpha value is -3.31. The van der Waals surface area contributed by atoms with Crippen LogP contribution in [0.15, 0.2) is 60.7 Å². The molecule has 0 radical (unpaired) electrons. The first-order chi connectivity index (χ1) is 15.0. The van der Waals surface area contributed by atoms with Gasteiger partial charge in [-0.05, 0) is 102 Å². The number of rotatable bonds is 4. The lowest BCUT2D eigenvalue weighted by molar-refractivity contribution is 0.305. The quantitative estimate of drug-likeness (QED) is 0.434. The van der Waals surface area contributed by atoms with Crippen LogP contribution in [0.25, 0.3) is 16.7 Å². The fraction of sp³-hybridized carbons (Fsp3) is 0.276. The van der Waals surface area contributed by atoms with E-state index in [1.165, 1.54) is 62.9 Å². The molecule has 3 aromatic carbocycles. The van der Waals surface area contributed by atoms with Crippen molar-refractivity contribution in [2.24, 2.45) is 5.41 Å². The predicted molar refractivity (Wildman–Crippen MR) is 126 cm³/mol. The summed E-state index contributed by atoms with van der Waals surface area (Å²) in [6.45, 7) is 7.10. The van der Waals surface area contributed by atoms with E-state index in [1.807, 2.05) is 0 Å². The van der Waals surface area contributed by atoms with Gasteiger partial charge in [-0.2, -0.15) is 5.26 Å². The highest BCUT2D eigenvalue weighted by molar-refractivity contribution is 5.81. The Bertz CT molecular complexity index is 1230. The SMILES string of the molecule is Cc1cccc(C)c1-c1cccc(COc2ccc3c(c2)CC2(CC2)/C3=C\C#N)c1C. The topological polar surface area (TPSA) is 33.0 Å². The van der Waals surface area contributed by atoms with Gasteiger partial charge >= 0.3 is 0 Å². The van der Waals surface area contributed by atoms with Crippen LogP contribution >= 0.6 is 0 Å². The second-order valence-electron chi connectivity index (χ2n) is 9.11. The summed E-state index contributed by atoms with van der Waals surface area (Å²) in [5.74, 6) is 0.907. The molecular weight excluding hydrogens is 378 g/mol. The maximum absolute atomic E-state index is 9.19. The number of hydrogen-bond acceptors (Lipinski definition) is 2. The van der Waals surface area contributed by atoms with Gasteiger partial charge in [-0.3, -0.25) is 0 Å². The monoisotopic (exact) mass is 405 g/mol. The lowest BCUT2D eigenvalue weighted by Crippen LogP contribution is -2.01. The molecule has 0 atom stereocenters. The number of nitrogens with zero attached hydrogens (tertiary/aromatic N) is 1. The van der Waals surface area contributed by atoms with E-state index in [2.05, 4.69) is 81.4 Å². The van der Waals surface area contributed by atoms with Crippen LogP contribution in [0.5, 0.6) is 5.75 Å². The Morgan fingerprint density at radius 1 is 0.968 bits per heavy atom. The minimum Gasteiger partial charge on any atom is -0.489 e. The van der Waals surface area contributed by atoms with Crippen LogP contribution in [-0.2, 0) is 13.0 Å². The van der Waals surface area contributed by atoms with E-state index in [1.54, 1.807) is 6.08 Å². The van der Waals surface area contributed by atoms with Gasteiger partial charge < -0.3 is 4.74 Å². The molecule has 0 amide bonds. The third kappa shape index (κ3) is 3.35. The van der Waals surface area contributed by atoms with Crippen LogP contribution in [0.3, 0.4) is 0 Å². The lowest BCUT2D eigenvalue weighted by Gasteiger charge is -2.16. The normalized spacial score (nSPS) is 16.9. The fourth-order valence-corrected chi connectivity index (χ4v) is 5.22. The van der Waals surface area contributed by atoms with Crippen LogP contribution in [0.4, 0.5) is 0 Å². The Balaban J connectivity index is 1.40. The number of aryl methyl sites for hydroxylation is 2. The van der Waals surface area contributed by atoms with Crippen LogP contribution in [0, 0.1) is 37.5 Å². The summed E-state index contributed by atoms with van der Waals surface area (Å²) in [6, 6.07) is 21.6. The van der Waals surface area contributed by atoms with Crippen LogP contribution < -0.4 is 4.74 Å². The van der Waals surface area contributed by atoms with Crippen molar-refractivity contribution in [3.8, 4) is 22.9 Å². The van der Waals surface area contributed by atoms with Crippen molar-refractivity contribution in [3.05, 3.63) is 94.1 Å². The van der Waals surface area contributed by atoms with Crippen LogP contribution in [0.1, 0.15) is 46.2 Å². The van der Waals surface area contributed by atoms with E-state index >= 15 is 0 Å². The summed E-state index contributed by atoms with van der Waals surface area (Å²) in [5, 5.41) is 9.19. The first kappa shape index (κ1) is 19.6. The van der Waals surface area contributed by atoms with Gasteiger partial charge in [0.15, 0.2) is 0 Å². The van der Waals surface area contributed by atoms with Crippen molar-refractivity contribution in [1.82, 2.24) is 0 Å². The maximum atomic E-state index is 9.19. The molecule has 1 spiro atoms. The second-order valence-corrected chi connectivity index (χ2v) is 9.11. The van der Waals surface area contributed by atoms with Crippen molar-refractivity contribution < 1.29 is 4.74 Å². The average Bonchev–Trinajstić information content (AvgIpc) is 3.46. The molecule has 0 N–H and O–H groups in total. The van der Waals surface area contributed by atoms with Crippen molar-refractivity contribution in [2.45, 2.75) is 46.6 Å². The van der Waals surface area contributed by atoms with E-state index < -0.39 is 0 Å². The summed E-state index contributed by atoms with van der Waals surface area (Å²) in [4.78, 5) is 0. The summed E-state index contributed by atoms with van der Waals surface area (Å²) in [6.07, 6.45) is 5.17. The molecule has 1 fully saturated rings. The molecule has 0 unspecified atom stereocenters. The standard InChI is InChI=1S/C29H27NO/c1-19-6-4-7-20(2)28(19)25-9-5-8-22(21(25)3)18-31-24-10-11-26-23(16-24)17-29(13-14-29)27(26)12-15-30/h4-12,16H,13-14,17-18H2,1-3H3/b27-12-. The van der Waals surface area contributed by atoms with Gasteiger partial charge in [-0.15, -0.1) is 0 Å². The number of hydrogen-bond donors (Lipinski definition) is 0. The number of ether oxygens (including phenoxy) is 1. The zero-order valence-electron chi connectivity index (χ0n) is 18.5. The van der Waals surface area contributed by atoms with Crippen LogP contribution in [0.2, 0.25) is 0 Å². The van der Waals surface area contributed by atoms with E-state index in [4.69, 9.17) is 4.74 Å². The first-order valence-corrected chi connectivity index (χ1v) is 11.0. The maximum Gasteiger partial charge on any atom is 0.120 e. The van der Waals surface area contributed by atoms with E-state index in [-0.39, 0.29) is 5.41 Å². The molecule has 2 aliphatic carbocycles. The molecule has 2 nitrogen and oxygen atoms in total. The van der Waals surface area contributed by atoms with Gasteiger partial charge in [0.1, 0.15) is 12.4 Å². The van der Waals surface area contributed by atoms with E-state index in [0.29, 0.717) is 6.61 Å². The molecule has 0 aliphatic heterocycles. The van der Waals surface area contributed by atoms with Crippen molar-refractivity contribution >= 4 is 5.57 Å². The first-order valence-electron chi connectivity index (χ1n) is 11.0. The molecule has 2 aliphatic rings. The highest BCUT2D eigenvalue weighted by atomic mass is 16.5. The van der Waals surface area contributed by atoms with Gasteiger partial charge in [0.05, 0.1) is 6.07 Å². The molecule has 31 heavy (non-hydrogen) atoms. The lowest BCUT2D eigenvalue weighted by atomic mass is 9.91. The predicted octanol–water partition coefficient (Wildman–Crippen LogP) is 7.10. The van der Waals surface area contributed by atoms with Gasteiger partial charge in [0.2, 0.25) is 0 Å². The molecule has 0 bridgehead atoms. The zero-order valence-corrected chi connectivity index (χ0v) is 18.5. The van der Waals surface area contributed by atoms with Crippen molar-refractivity contribution in [1.29, 1.82) is 5.26 Å². The van der Waals surface area contributed by atoms with E-state index in [0.717, 1.165) is 12.2 Å². The summed E-state index contributed by atoms with van der Waals surface area (Å²) in [5.41, 5.74) is 11.7. The van der Waals surface area contributed by atoms with Gasteiger partial charge in [-0.1, -0.05) is 42.5 Å². The second kappa shape index (κ2) is 7.43. The average molecular weight is 406 g/mol. The van der Waals surface area contributed by atoms with Gasteiger partial charge in [0.25, 0.3) is 0 Å². The molecule has 1 saturated carbocycles. The number of benzene rings is 3. The molecule has 0 saturated heterocycles. The molecule has 5 rings (SSSR count). The summed E-state index contributed by atoms with van der Waals surface area (Å²) in [7, 11) is 0. The molecule has 154 valence electrons. The molecule has 3 aromatic rings. The Morgan fingerprint density at radius 3 is 2.42 bits per heavy atom. The van der Waals surface area contributed by atoms with Crippen molar-refractivity contribution in [2.75, 3.05) is 0 Å². The smallest absolute Gasteiger partial charge is 0.120 e. The van der Waals surface area contributed by atoms with Crippen LogP contribution in [-0.4, -0.2) is 0 Å². The summed E-state index contributed by atoms with van der Waals surface area (Å²) < 4.78 is 6.25. The minimum absolute atomic E-state index is 0.229. The highest BCUT2D eigenvalue weighted by Crippen LogP contribution is 2.62. The van der Waals surface area contributed by atoms with Gasteiger partial charge in [-0.25, -0.2) is 0 Å². The molecule has 2 heteroatoms. The number of nitriles is 1. The Morgan fingerprint density at radius 2 is 1.71 bits per heavy atom. The van der Waals surface area contributed by atoms with Crippen molar-refractivity contribution in [3.63, 3.8) is 0 Å². The largest absolute Gasteiger partial charge is 0.489 e. The zero-order chi connectivity index (χ0) is 21.6. The van der Waals surface area contributed by atoms with E-state index in [9.17, 15) is 5.26 Å². The number of fused-ring (bicyclic) bond motifs is 1. The third-order valence-corrected chi connectivity index (χ3v) is 7.12. The number of allylic oxidation sites excluding steroid dienone is 2. The van der Waals surface area contributed by atoms with Gasteiger partial charge in [0, 0.05) is 11.5 Å². The minimum atomic E-state index is 0.229. The Kier molecular flexibility index (Phi) is 4.71. The highest BCUT2D eigenvalue weighted by Gasteiger charge is 2.50. The summed E-state index contributed by atoms with van der Waals surface area (Å²) >= 11 is 0. The third-order valence-electron chi connectivity index (χ3n) is 7.12.